The summed E-state index contributed by atoms with van der Waals surface area (Å²) >= 11 is 0. The first kappa shape index (κ1) is 24.8. The Morgan fingerprint density at radius 3 is 2.75 bits per heavy atom. The smallest absolute Gasteiger partial charge is 0.410 e. The molecular weight excluding hydrogens is 456 g/mol. The highest BCUT2D eigenvalue weighted by Crippen LogP contribution is 2.36. The summed E-state index contributed by atoms with van der Waals surface area (Å²) in [4.78, 5) is 24.7. The highest BCUT2D eigenvalue weighted by Gasteiger charge is 2.37. The molecule has 1 fully saturated rings. The molecule has 36 heavy (non-hydrogen) atoms. The third-order valence-electron chi connectivity index (χ3n) is 7.24. The molecule has 1 saturated heterocycles. The molecule has 0 bridgehead atoms. The Bertz CT molecular complexity index is 1080. The fraction of sp³-hybridized carbons (Fsp3) is 0.571. The highest BCUT2D eigenvalue weighted by molar-refractivity contribution is 5.70. The molecule has 2 atom stereocenters. The van der Waals surface area contributed by atoms with E-state index >= 15 is 0 Å². The van der Waals surface area contributed by atoms with Crippen LogP contribution in [0.15, 0.2) is 36.5 Å². The van der Waals surface area contributed by atoms with Gasteiger partial charge in [-0.2, -0.15) is 0 Å². The van der Waals surface area contributed by atoms with E-state index in [1.807, 2.05) is 44.0 Å². The quantitative estimate of drug-likeness (QED) is 0.636. The zero-order valence-electron chi connectivity index (χ0n) is 21.9. The van der Waals surface area contributed by atoms with Crippen LogP contribution in [-0.2, 0) is 22.4 Å². The lowest BCUT2D eigenvalue weighted by Gasteiger charge is -2.42. The normalized spacial score (nSPS) is 22.0. The first-order valence-electron chi connectivity index (χ1n) is 13.0. The largest absolute Gasteiger partial charge is 0.492 e. The van der Waals surface area contributed by atoms with Crippen LogP contribution in [0, 0.1) is 0 Å². The number of aromatic nitrogens is 1. The molecule has 1 aromatic carbocycles. The van der Waals surface area contributed by atoms with Gasteiger partial charge in [0.1, 0.15) is 11.4 Å². The summed E-state index contributed by atoms with van der Waals surface area (Å²) in [6, 6.07) is 10.5. The summed E-state index contributed by atoms with van der Waals surface area (Å²) in [5.41, 5.74) is 4.23. The maximum absolute atomic E-state index is 13.4. The Kier molecular flexibility index (Phi) is 7.08. The summed E-state index contributed by atoms with van der Waals surface area (Å²) in [6.07, 6.45) is 3.22. The zero-order valence-corrected chi connectivity index (χ0v) is 21.9. The molecule has 194 valence electrons. The van der Waals surface area contributed by atoms with Gasteiger partial charge in [-0.1, -0.05) is 12.1 Å². The van der Waals surface area contributed by atoms with E-state index < -0.39 is 5.60 Å². The Hall–Kier alpha value is -2.84. The van der Waals surface area contributed by atoms with E-state index in [-0.39, 0.29) is 18.2 Å². The lowest BCUT2D eigenvalue weighted by Crippen LogP contribution is -2.52. The topological polar surface area (TPSA) is 67.4 Å². The number of hydrogen-bond donors (Lipinski definition) is 0. The summed E-state index contributed by atoms with van der Waals surface area (Å²) in [6.45, 7) is 11.0. The number of nitrogens with zero attached hydrogens (tertiary/aromatic N) is 4. The van der Waals surface area contributed by atoms with Gasteiger partial charge in [0.2, 0.25) is 0 Å². The number of morpholine rings is 1. The van der Waals surface area contributed by atoms with Crippen LogP contribution in [0.25, 0.3) is 0 Å². The number of rotatable bonds is 4. The van der Waals surface area contributed by atoms with Crippen molar-refractivity contribution >= 4 is 11.8 Å². The van der Waals surface area contributed by atoms with E-state index in [0.717, 1.165) is 57.1 Å². The third kappa shape index (κ3) is 5.30. The number of hydrogen-bond acceptors (Lipinski definition) is 7. The molecule has 0 N–H and O–H groups in total. The Labute approximate surface area is 214 Å². The number of benzene rings is 1. The molecule has 0 aliphatic carbocycles. The molecule has 4 heterocycles. The van der Waals surface area contributed by atoms with Crippen molar-refractivity contribution in [1.82, 2.24) is 14.8 Å². The van der Waals surface area contributed by atoms with Crippen molar-refractivity contribution < 1.29 is 19.0 Å². The van der Waals surface area contributed by atoms with Gasteiger partial charge in [-0.3, -0.25) is 14.8 Å². The molecule has 3 aliphatic rings. The van der Waals surface area contributed by atoms with E-state index in [0.29, 0.717) is 13.2 Å². The number of anilines is 1. The molecule has 2 aromatic rings. The molecule has 1 aromatic heterocycles. The number of carbonyl (C=O) groups excluding carboxylic acids is 1. The molecular formula is C28H38N4O4. The predicted molar refractivity (Wildman–Crippen MR) is 138 cm³/mol. The predicted octanol–water partition coefficient (Wildman–Crippen LogP) is 4.04. The number of likely N-dealkylation sites (N-methyl/N-ethyl adjacent to an activating group) is 1. The van der Waals surface area contributed by atoms with Crippen molar-refractivity contribution in [2.24, 2.45) is 0 Å². The maximum Gasteiger partial charge on any atom is 0.410 e. The standard InChI is InChI=1S/C28H38N4O4/c1-28(2,3)36-27(33)32-18-20-7-5-8-23(31-12-15-34-16-13-31)22(20)17-21(32)19-30(4)24-10-14-35-25-9-6-11-29-26(24)25/h5-9,11,21,24H,10,12-19H2,1-4H3/t21?,24-/m0/s1. The van der Waals surface area contributed by atoms with Gasteiger partial charge in [0.15, 0.2) is 0 Å². The second-order valence-electron chi connectivity index (χ2n) is 11.0. The van der Waals surface area contributed by atoms with Gasteiger partial charge in [-0.15, -0.1) is 0 Å². The van der Waals surface area contributed by atoms with Crippen LogP contribution in [0.2, 0.25) is 0 Å². The third-order valence-corrected chi connectivity index (χ3v) is 7.24. The van der Waals surface area contributed by atoms with E-state index in [9.17, 15) is 4.79 Å². The van der Waals surface area contributed by atoms with Crippen molar-refractivity contribution in [2.75, 3.05) is 51.4 Å². The average Bonchev–Trinajstić information content (AvgIpc) is 2.87. The van der Waals surface area contributed by atoms with Gasteiger partial charge in [-0.25, -0.2) is 4.79 Å². The fourth-order valence-electron chi connectivity index (χ4n) is 5.54. The Balaban J connectivity index is 1.43. The van der Waals surface area contributed by atoms with Gasteiger partial charge in [0, 0.05) is 44.5 Å². The number of carbonyl (C=O) groups is 1. The SMILES string of the molecule is CN(CC1Cc2c(cccc2N2CCOCC2)CN1C(=O)OC(C)(C)C)[C@H]1CCOc2cccnc21. The van der Waals surface area contributed by atoms with Crippen molar-refractivity contribution in [3.63, 3.8) is 0 Å². The molecule has 5 rings (SSSR count). The second kappa shape index (κ2) is 10.3. The first-order chi connectivity index (χ1) is 17.3. The van der Waals surface area contributed by atoms with Gasteiger partial charge >= 0.3 is 6.09 Å². The van der Waals surface area contributed by atoms with Crippen molar-refractivity contribution in [3.05, 3.63) is 53.3 Å². The lowest BCUT2D eigenvalue weighted by molar-refractivity contribution is 0.00586. The fourth-order valence-corrected chi connectivity index (χ4v) is 5.54. The van der Waals surface area contributed by atoms with Crippen LogP contribution in [-0.4, -0.2) is 79.0 Å². The summed E-state index contributed by atoms with van der Waals surface area (Å²) < 4.78 is 17.3. The van der Waals surface area contributed by atoms with Crippen molar-refractivity contribution in [1.29, 1.82) is 0 Å². The molecule has 1 unspecified atom stereocenters. The van der Waals surface area contributed by atoms with Crippen LogP contribution in [0.5, 0.6) is 5.75 Å². The van der Waals surface area contributed by atoms with E-state index in [2.05, 4.69) is 40.0 Å². The van der Waals surface area contributed by atoms with Crippen LogP contribution >= 0.6 is 0 Å². The van der Waals surface area contributed by atoms with Crippen LogP contribution < -0.4 is 9.64 Å². The minimum Gasteiger partial charge on any atom is -0.492 e. The van der Waals surface area contributed by atoms with E-state index in [1.54, 1.807) is 0 Å². The molecule has 0 saturated carbocycles. The minimum atomic E-state index is -0.549. The van der Waals surface area contributed by atoms with Crippen molar-refractivity contribution in [2.45, 2.75) is 57.8 Å². The maximum atomic E-state index is 13.4. The van der Waals surface area contributed by atoms with E-state index in [1.165, 1.54) is 16.8 Å². The number of ether oxygens (including phenoxy) is 3. The van der Waals surface area contributed by atoms with Crippen LogP contribution in [0.4, 0.5) is 10.5 Å². The van der Waals surface area contributed by atoms with Gasteiger partial charge < -0.3 is 19.1 Å². The monoisotopic (exact) mass is 494 g/mol. The molecule has 1 amide bonds. The Morgan fingerprint density at radius 2 is 1.97 bits per heavy atom. The number of amides is 1. The average molecular weight is 495 g/mol. The second-order valence-corrected chi connectivity index (χ2v) is 11.0. The Morgan fingerprint density at radius 1 is 1.17 bits per heavy atom. The zero-order chi connectivity index (χ0) is 25.3. The van der Waals surface area contributed by atoms with Crippen LogP contribution in [0.3, 0.4) is 0 Å². The van der Waals surface area contributed by atoms with Crippen molar-refractivity contribution in [3.8, 4) is 5.75 Å². The van der Waals surface area contributed by atoms with Gasteiger partial charge in [0.05, 0.1) is 37.6 Å². The molecule has 0 radical (unpaired) electrons. The van der Waals surface area contributed by atoms with E-state index in [4.69, 9.17) is 14.2 Å². The van der Waals surface area contributed by atoms with Gasteiger partial charge in [-0.05, 0) is 63.6 Å². The minimum absolute atomic E-state index is 0.0189. The van der Waals surface area contributed by atoms with Gasteiger partial charge in [0.25, 0.3) is 0 Å². The summed E-state index contributed by atoms with van der Waals surface area (Å²) in [7, 11) is 2.13. The molecule has 3 aliphatic heterocycles. The summed E-state index contributed by atoms with van der Waals surface area (Å²) in [5.74, 6) is 0.855. The lowest BCUT2D eigenvalue weighted by atomic mass is 9.91. The summed E-state index contributed by atoms with van der Waals surface area (Å²) in [5, 5.41) is 0. The number of pyridine rings is 1. The molecule has 8 heteroatoms. The highest BCUT2D eigenvalue weighted by atomic mass is 16.6. The molecule has 0 spiro atoms. The number of fused-ring (bicyclic) bond motifs is 2. The molecule has 8 nitrogen and oxygen atoms in total. The first-order valence-corrected chi connectivity index (χ1v) is 13.0. The van der Waals surface area contributed by atoms with Crippen LogP contribution in [0.1, 0.15) is 50.1 Å².